The van der Waals surface area contributed by atoms with E-state index in [9.17, 15) is 9.18 Å². The normalized spacial score (nSPS) is 20.1. The molecule has 1 N–H and O–H groups in total. The van der Waals surface area contributed by atoms with Gasteiger partial charge in [0, 0.05) is 12.5 Å². The molecule has 2 aromatic carbocycles. The second-order valence-electron chi connectivity index (χ2n) is 7.73. The molecule has 154 valence electrons. The highest BCUT2D eigenvalue weighted by Crippen LogP contribution is 2.37. The number of rotatable bonds is 5. The summed E-state index contributed by atoms with van der Waals surface area (Å²) in [4.78, 5) is 14.8. The third-order valence-corrected chi connectivity index (χ3v) is 5.61. The minimum Gasteiger partial charge on any atom is -0.490 e. The summed E-state index contributed by atoms with van der Waals surface area (Å²) in [6.45, 7) is 4.47. The highest BCUT2D eigenvalue weighted by atomic mass is 19.1. The number of halogens is 1. The van der Waals surface area contributed by atoms with E-state index in [-0.39, 0.29) is 23.8 Å². The smallest absolute Gasteiger partial charge is 0.234 e. The monoisotopic (exact) mass is 398 g/mol. The molecule has 2 heterocycles. The molecule has 2 atom stereocenters. The number of hydrogen-bond acceptors (Lipinski definition) is 4. The minimum absolute atomic E-state index is 0.0249. The van der Waals surface area contributed by atoms with Gasteiger partial charge in [-0.3, -0.25) is 9.69 Å². The van der Waals surface area contributed by atoms with Crippen molar-refractivity contribution >= 4 is 5.91 Å². The predicted octanol–water partition coefficient (Wildman–Crippen LogP) is 4.00. The molecule has 29 heavy (non-hydrogen) atoms. The van der Waals surface area contributed by atoms with Crippen LogP contribution in [0.4, 0.5) is 4.39 Å². The van der Waals surface area contributed by atoms with Crippen LogP contribution >= 0.6 is 0 Å². The average molecular weight is 398 g/mol. The second-order valence-corrected chi connectivity index (χ2v) is 7.73. The van der Waals surface area contributed by atoms with Crippen molar-refractivity contribution in [2.24, 2.45) is 0 Å². The van der Waals surface area contributed by atoms with Gasteiger partial charge in [0.05, 0.1) is 25.8 Å². The van der Waals surface area contributed by atoms with Crippen LogP contribution in [0.3, 0.4) is 0 Å². The summed E-state index contributed by atoms with van der Waals surface area (Å²) >= 11 is 0. The first kappa shape index (κ1) is 19.7. The Morgan fingerprint density at radius 3 is 2.69 bits per heavy atom. The summed E-state index contributed by atoms with van der Waals surface area (Å²) in [5.41, 5.74) is 2.05. The number of likely N-dealkylation sites (tertiary alicyclic amines) is 1. The molecule has 4 rings (SSSR count). The van der Waals surface area contributed by atoms with E-state index in [4.69, 9.17) is 9.47 Å². The molecule has 6 heteroatoms. The molecular weight excluding hydrogens is 371 g/mol. The van der Waals surface area contributed by atoms with Gasteiger partial charge in [0.25, 0.3) is 0 Å². The molecule has 1 fully saturated rings. The summed E-state index contributed by atoms with van der Waals surface area (Å²) in [5.74, 6) is 1.29. The van der Waals surface area contributed by atoms with Gasteiger partial charge in [-0.25, -0.2) is 4.39 Å². The van der Waals surface area contributed by atoms with Gasteiger partial charge in [-0.05, 0) is 61.7 Å². The molecular formula is C23H27FN2O3. The van der Waals surface area contributed by atoms with E-state index in [1.54, 1.807) is 12.1 Å². The molecule has 0 bridgehead atoms. The average Bonchev–Trinajstić information content (AvgIpc) is 3.03. The van der Waals surface area contributed by atoms with Gasteiger partial charge in [0.15, 0.2) is 11.5 Å². The summed E-state index contributed by atoms with van der Waals surface area (Å²) in [6, 6.07) is 12.4. The lowest BCUT2D eigenvalue weighted by Crippen LogP contribution is -2.38. The predicted molar refractivity (Wildman–Crippen MR) is 109 cm³/mol. The number of nitrogens with one attached hydrogen (secondary N) is 1. The van der Waals surface area contributed by atoms with Gasteiger partial charge >= 0.3 is 0 Å². The lowest BCUT2D eigenvalue weighted by molar-refractivity contribution is -0.123. The molecule has 0 spiro atoms. The molecule has 1 amide bonds. The number of amides is 1. The van der Waals surface area contributed by atoms with Gasteiger partial charge in [-0.2, -0.15) is 0 Å². The first-order valence-electron chi connectivity index (χ1n) is 10.3. The molecule has 0 aromatic heterocycles. The fourth-order valence-corrected chi connectivity index (χ4v) is 4.09. The Labute approximate surface area is 170 Å². The molecule has 2 aliphatic heterocycles. The summed E-state index contributed by atoms with van der Waals surface area (Å²) < 4.78 is 24.7. The van der Waals surface area contributed by atoms with Crippen LogP contribution < -0.4 is 14.8 Å². The largest absolute Gasteiger partial charge is 0.490 e. The SMILES string of the molecule is C[C@@H](NC(=O)CN1CCC[C@@H]1c1ccc2c(c1)OCCCO2)c1ccc(F)cc1. The second kappa shape index (κ2) is 8.82. The van der Waals surface area contributed by atoms with Crippen molar-refractivity contribution in [1.29, 1.82) is 0 Å². The highest BCUT2D eigenvalue weighted by Gasteiger charge is 2.29. The fourth-order valence-electron chi connectivity index (χ4n) is 4.09. The quantitative estimate of drug-likeness (QED) is 0.827. The number of carbonyl (C=O) groups is 1. The Morgan fingerprint density at radius 1 is 1.14 bits per heavy atom. The summed E-state index contributed by atoms with van der Waals surface area (Å²) in [6.07, 6.45) is 2.95. The zero-order valence-electron chi connectivity index (χ0n) is 16.7. The first-order chi connectivity index (χ1) is 14.1. The van der Waals surface area contributed by atoms with Crippen LogP contribution in [0, 0.1) is 5.82 Å². The van der Waals surface area contributed by atoms with Gasteiger partial charge < -0.3 is 14.8 Å². The van der Waals surface area contributed by atoms with E-state index in [0.29, 0.717) is 19.8 Å². The molecule has 0 aliphatic carbocycles. The number of hydrogen-bond donors (Lipinski definition) is 1. The lowest BCUT2D eigenvalue weighted by Gasteiger charge is -2.25. The minimum atomic E-state index is -0.276. The van der Waals surface area contributed by atoms with Crippen molar-refractivity contribution in [1.82, 2.24) is 10.2 Å². The van der Waals surface area contributed by atoms with E-state index in [0.717, 1.165) is 48.4 Å². The van der Waals surface area contributed by atoms with Gasteiger partial charge in [0.2, 0.25) is 5.91 Å². The molecule has 2 aromatic rings. The Kier molecular flexibility index (Phi) is 6.00. The van der Waals surface area contributed by atoms with E-state index in [2.05, 4.69) is 22.3 Å². The van der Waals surface area contributed by atoms with Crippen LogP contribution in [0.1, 0.15) is 49.4 Å². The van der Waals surface area contributed by atoms with Crippen LogP contribution in [0.15, 0.2) is 42.5 Å². The Bertz CT molecular complexity index is 856. The zero-order chi connectivity index (χ0) is 20.2. The zero-order valence-corrected chi connectivity index (χ0v) is 16.7. The highest BCUT2D eigenvalue weighted by molar-refractivity contribution is 5.78. The fraction of sp³-hybridized carbons (Fsp3) is 0.435. The van der Waals surface area contributed by atoms with Gasteiger partial charge in [-0.1, -0.05) is 18.2 Å². The van der Waals surface area contributed by atoms with Crippen LogP contribution in [0.2, 0.25) is 0 Å². The topological polar surface area (TPSA) is 50.8 Å². The molecule has 0 saturated carbocycles. The summed E-state index contributed by atoms with van der Waals surface area (Å²) in [7, 11) is 0. The maximum atomic E-state index is 13.1. The van der Waals surface area contributed by atoms with Crippen LogP contribution in [-0.2, 0) is 4.79 Å². The maximum absolute atomic E-state index is 13.1. The third-order valence-electron chi connectivity index (χ3n) is 5.61. The third kappa shape index (κ3) is 4.70. The van der Waals surface area contributed by atoms with Crippen molar-refractivity contribution in [2.45, 2.75) is 38.3 Å². The number of nitrogens with zero attached hydrogens (tertiary/aromatic N) is 1. The van der Waals surface area contributed by atoms with E-state index in [1.807, 2.05) is 13.0 Å². The van der Waals surface area contributed by atoms with E-state index >= 15 is 0 Å². The number of ether oxygens (including phenoxy) is 2. The van der Waals surface area contributed by atoms with E-state index < -0.39 is 0 Å². The number of benzene rings is 2. The standard InChI is InChI=1S/C23H27FN2O3/c1-16(17-5-8-19(24)9-6-17)25-23(27)15-26-11-2-4-20(26)18-7-10-21-22(14-18)29-13-3-12-28-21/h5-10,14,16,20H,2-4,11-13,15H2,1H3,(H,25,27)/t16-,20-/m1/s1. The van der Waals surface area contributed by atoms with Crippen LogP contribution in [0.5, 0.6) is 11.5 Å². The van der Waals surface area contributed by atoms with Crippen molar-refractivity contribution in [3.8, 4) is 11.5 Å². The first-order valence-corrected chi connectivity index (χ1v) is 10.3. The van der Waals surface area contributed by atoms with Gasteiger partial charge in [0.1, 0.15) is 5.82 Å². The molecule has 5 nitrogen and oxygen atoms in total. The Hall–Kier alpha value is -2.60. The van der Waals surface area contributed by atoms with Crippen LogP contribution in [-0.4, -0.2) is 37.1 Å². The Morgan fingerprint density at radius 2 is 1.90 bits per heavy atom. The summed E-state index contributed by atoms with van der Waals surface area (Å²) in [5, 5.41) is 3.02. The maximum Gasteiger partial charge on any atom is 0.234 e. The Balaban J connectivity index is 1.40. The van der Waals surface area contributed by atoms with Crippen molar-refractivity contribution < 1.29 is 18.7 Å². The molecule has 2 aliphatic rings. The van der Waals surface area contributed by atoms with Crippen molar-refractivity contribution in [2.75, 3.05) is 26.3 Å². The van der Waals surface area contributed by atoms with Crippen molar-refractivity contribution in [3.05, 3.63) is 59.4 Å². The number of carbonyl (C=O) groups excluding carboxylic acids is 1. The van der Waals surface area contributed by atoms with Gasteiger partial charge in [-0.15, -0.1) is 0 Å². The number of fused-ring (bicyclic) bond motifs is 1. The lowest BCUT2D eigenvalue weighted by atomic mass is 10.0. The molecule has 1 saturated heterocycles. The molecule has 0 radical (unpaired) electrons. The molecule has 0 unspecified atom stereocenters. The van der Waals surface area contributed by atoms with E-state index in [1.165, 1.54) is 12.1 Å². The van der Waals surface area contributed by atoms with Crippen molar-refractivity contribution in [3.63, 3.8) is 0 Å². The van der Waals surface area contributed by atoms with Crippen LogP contribution in [0.25, 0.3) is 0 Å².